The number of anilines is 2. The molecular formula is C26H29N5O5. The van der Waals surface area contributed by atoms with Crippen molar-refractivity contribution in [2.45, 2.75) is 51.2 Å². The molecular weight excluding hydrogens is 462 g/mol. The van der Waals surface area contributed by atoms with Crippen molar-refractivity contribution in [3.8, 4) is 0 Å². The molecule has 1 saturated carbocycles. The second-order valence-corrected chi connectivity index (χ2v) is 9.45. The number of hydrogen-bond donors (Lipinski definition) is 2. The number of furan rings is 1. The fraction of sp³-hybridized carbons (Fsp3) is 0.385. The summed E-state index contributed by atoms with van der Waals surface area (Å²) in [5, 5.41) is 0. The van der Waals surface area contributed by atoms with Crippen LogP contribution in [0.1, 0.15) is 43.4 Å². The molecule has 1 aliphatic carbocycles. The van der Waals surface area contributed by atoms with E-state index in [2.05, 4.69) is 4.98 Å². The van der Waals surface area contributed by atoms with Crippen molar-refractivity contribution in [3.05, 3.63) is 80.9 Å². The molecule has 1 atom stereocenters. The Morgan fingerprint density at radius 2 is 1.83 bits per heavy atom. The normalized spacial score (nSPS) is 18.2. The molecule has 2 aliphatic rings. The van der Waals surface area contributed by atoms with Crippen LogP contribution >= 0.6 is 0 Å². The quantitative estimate of drug-likeness (QED) is 0.520. The highest BCUT2D eigenvalue weighted by molar-refractivity contribution is 6.00. The number of benzene rings is 1. The highest BCUT2D eigenvalue weighted by atomic mass is 16.3. The Morgan fingerprint density at radius 3 is 2.53 bits per heavy atom. The van der Waals surface area contributed by atoms with E-state index in [1.165, 1.54) is 15.7 Å². The summed E-state index contributed by atoms with van der Waals surface area (Å²) in [4.78, 5) is 57.7. The molecule has 5 rings (SSSR count). The van der Waals surface area contributed by atoms with E-state index in [4.69, 9.17) is 10.2 Å². The lowest BCUT2D eigenvalue weighted by Crippen LogP contribution is -2.44. The van der Waals surface area contributed by atoms with E-state index < -0.39 is 23.1 Å². The molecule has 1 saturated heterocycles. The number of nitrogens with two attached hydrogens (primary N) is 1. The Bertz CT molecular complexity index is 1360. The molecule has 10 heteroatoms. The highest BCUT2D eigenvalue weighted by Crippen LogP contribution is 2.32. The minimum atomic E-state index is -0.765. The Kier molecular flexibility index (Phi) is 6.49. The van der Waals surface area contributed by atoms with Crippen LogP contribution in [0.2, 0.25) is 0 Å². The van der Waals surface area contributed by atoms with Gasteiger partial charge in [0.25, 0.3) is 5.56 Å². The van der Waals surface area contributed by atoms with E-state index in [1.54, 1.807) is 12.1 Å². The third-order valence-corrected chi connectivity index (χ3v) is 7.10. The molecule has 36 heavy (non-hydrogen) atoms. The van der Waals surface area contributed by atoms with Crippen molar-refractivity contribution in [1.82, 2.24) is 14.5 Å². The van der Waals surface area contributed by atoms with Gasteiger partial charge in [0.15, 0.2) is 5.69 Å². The number of amides is 2. The van der Waals surface area contributed by atoms with Gasteiger partial charge in [0.05, 0.1) is 25.3 Å². The average molecular weight is 492 g/mol. The number of hydrogen-bond acceptors (Lipinski definition) is 6. The van der Waals surface area contributed by atoms with Crippen LogP contribution in [0.5, 0.6) is 0 Å². The molecule has 3 aromatic rings. The number of nitrogen functional groups attached to an aromatic ring is 1. The summed E-state index contributed by atoms with van der Waals surface area (Å²) in [6.07, 6.45) is 5.59. The maximum atomic E-state index is 13.8. The van der Waals surface area contributed by atoms with Gasteiger partial charge < -0.3 is 15.1 Å². The van der Waals surface area contributed by atoms with Gasteiger partial charge in [-0.05, 0) is 30.5 Å². The van der Waals surface area contributed by atoms with E-state index >= 15 is 0 Å². The second kappa shape index (κ2) is 9.88. The Balaban J connectivity index is 1.51. The van der Waals surface area contributed by atoms with E-state index in [-0.39, 0.29) is 43.0 Å². The minimum absolute atomic E-state index is 0.0471. The molecule has 0 radical (unpaired) electrons. The lowest BCUT2D eigenvalue weighted by Gasteiger charge is -2.27. The van der Waals surface area contributed by atoms with Crippen molar-refractivity contribution in [3.63, 3.8) is 0 Å². The van der Waals surface area contributed by atoms with Crippen LogP contribution in [0, 0.1) is 5.92 Å². The standard InChI is InChI=1S/C26H29N5O5/c27-23-22(24(33)28-26(35)31(23)14-17-7-2-1-3-8-17)30(16-20-11-6-12-36-20)25(34)18-13-21(32)29(15-18)19-9-4-5-10-19/h1-3,6-8,11-12,18-19H,4-5,9-10,13-16,27H2,(H,28,33,35)/t18-/m1/s1. The molecule has 2 amide bonds. The Hall–Kier alpha value is -4.08. The molecule has 0 bridgehead atoms. The molecule has 3 N–H and O–H groups in total. The highest BCUT2D eigenvalue weighted by Gasteiger charge is 2.41. The first-order valence-corrected chi connectivity index (χ1v) is 12.2. The second-order valence-electron chi connectivity index (χ2n) is 9.45. The third-order valence-electron chi connectivity index (χ3n) is 7.10. The van der Waals surface area contributed by atoms with Crippen molar-refractivity contribution >= 4 is 23.3 Å². The van der Waals surface area contributed by atoms with Gasteiger partial charge in [-0.25, -0.2) is 4.79 Å². The van der Waals surface area contributed by atoms with Crippen LogP contribution in [0.4, 0.5) is 11.5 Å². The van der Waals surface area contributed by atoms with Gasteiger partial charge in [0.1, 0.15) is 11.6 Å². The maximum absolute atomic E-state index is 13.8. The van der Waals surface area contributed by atoms with Gasteiger partial charge in [0.2, 0.25) is 11.8 Å². The van der Waals surface area contributed by atoms with Gasteiger partial charge in [-0.15, -0.1) is 0 Å². The number of carbonyl (C=O) groups excluding carboxylic acids is 2. The van der Waals surface area contributed by atoms with Gasteiger partial charge in [-0.2, -0.15) is 0 Å². The number of rotatable bonds is 7. The molecule has 0 unspecified atom stereocenters. The fourth-order valence-corrected chi connectivity index (χ4v) is 5.27. The topological polar surface area (TPSA) is 135 Å². The third kappa shape index (κ3) is 4.58. The summed E-state index contributed by atoms with van der Waals surface area (Å²) >= 11 is 0. The Morgan fingerprint density at radius 1 is 1.08 bits per heavy atom. The first-order valence-electron chi connectivity index (χ1n) is 12.2. The van der Waals surface area contributed by atoms with Crippen molar-refractivity contribution < 1.29 is 14.0 Å². The molecule has 188 valence electrons. The zero-order valence-corrected chi connectivity index (χ0v) is 19.9. The number of aromatic amines is 1. The van der Waals surface area contributed by atoms with E-state index in [0.29, 0.717) is 12.3 Å². The van der Waals surface area contributed by atoms with Crippen LogP contribution in [-0.2, 0) is 22.7 Å². The number of nitrogens with one attached hydrogen (secondary N) is 1. The molecule has 1 aliphatic heterocycles. The molecule has 2 aromatic heterocycles. The van der Waals surface area contributed by atoms with E-state index in [9.17, 15) is 19.2 Å². The molecule has 1 aromatic carbocycles. The van der Waals surface area contributed by atoms with Crippen molar-refractivity contribution in [2.24, 2.45) is 5.92 Å². The SMILES string of the molecule is Nc1c(N(Cc2ccco2)C(=O)[C@@H]2CC(=O)N(C3CCCC3)C2)c(=O)[nH]c(=O)n1Cc1ccccc1. The average Bonchev–Trinajstić information content (AvgIpc) is 3.63. The van der Waals surface area contributed by atoms with Crippen molar-refractivity contribution in [2.75, 3.05) is 17.2 Å². The number of likely N-dealkylation sites (tertiary alicyclic amines) is 1. The monoisotopic (exact) mass is 491 g/mol. The summed E-state index contributed by atoms with van der Waals surface area (Å²) in [5.74, 6) is -0.748. The van der Waals surface area contributed by atoms with Crippen molar-refractivity contribution in [1.29, 1.82) is 0 Å². The first-order chi connectivity index (χ1) is 17.4. The van der Waals surface area contributed by atoms with E-state index in [1.807, 2.05) is 35.2 Å². The Labute approximate surface area is 207 Å². The van der Waals surface area contributed by atoms with Crippen LogP contribution in [0.3, 0.4) is 0 Å². The van der Waals surface area contributed by atoms with Gasteiger partial charge in [0, 0.05) is 19.0 Å². The smallest absolute Gasteiger partial charge is 0.330 e. The number of carbonyl (C=O) groups is 2. The maximum Gasteiger partial charge on any atom is 0.330 e. The summed E-state index contributed by atoms with van der Waals surface area (Å²) in [6, 6.07) is 12.7. The molecule has 3 heterocycles. The molecule has 0 spiro atoms. The zero-order valence-electron chi connectivity index (χ0n) is 19.9. The van der Waals surface area contributed by atoms with Gasteiger partial charge in [-0.1, -0.05) is 43.2 Å². The largest absolute Gasteiger partial charge is 0.467 e. The number of nitrogens with zero attached hydrogens (tertiary/aromatic N) is 3. The predicted molar refractivity (Wildman–Crippen MR) is 133 cm³/mol. The van der Waals surface area contributed by atoms with Crippen LogP contribution < -0.4 is 21.9 Å². The lowest BCUT2D eigenvalue weighted by atomic mass is 10.1. The molecule has 10 nitrogen and oxygen atoms in total. The van der Waals surface area contributed by atoms with Crippen LogP contribution in [-0.4, -0.2) is 38.9 Å². The summed E-state index contributed by atoms with van der Waals surface area (Å²) in [5.41, 5.74) is 5.64. The summed E-state index contributed by atoms with van der Waals surface area (Å²) in [6.45, 7) is 0.366. The lowest BCUT2D eigenvalue weighted by molar-refractivity contribution is -0.130. The zero-order chi connectivity index (χ0) is 25.2. The first kappa shape index (κ1) is 23.7. The summed E-state index contributed by atoms with van der Waals surface area (Å²) < 4.78 is 6.69. The number of H-pyrrole nitrogens is 1. The predicted octanol–water partition coefficient (Wildman–Crippen LogP) is 2.08. The van der Waals surface area contributed by atoms with Crippen LogP contribution in [0.15, 0.2) is 62.7 Å². The van der Waals surface area contributed by atoms with Gasteiger partial charge in [-0.3, -0.25) is 28.8 Å². The van der Waals surface area contributed by atoms with E-state index in [0.717, 1.165) is 31.2 Å². The fourth-order valence-electron chi connectivity index (χ4n) is 5.27. The summed E-state index contributed by atoms with van der Waals surface area (Å²) in [7, 11) is 0. The molecule has 2 fully saturated rings. The van der Waals surface area contributed by atoms with Gasteiger partial charge >= 0.3 is 5.69 Å². The van der Waals surface area contributed by atoms with Crippen LogP contribution in [0.25, 0.3) is 0 Å². The number of aromatic nitrogens is 2. The minimum Gasteiger partial charge on any atom is -0.467 e.